The topological polar surface area (TPSA) is 16.3 Å². The van der Waals surface area contributed by atoms with Crippen molar-refractivity contribution in [3.8, 4) is 22.3 Å². The van der Waals surface area contributed by atoms with Crippen molar-refractivity contribution in [2.24, 2.45) is 14.1 Å². The van der Waals surface area contributed by atoms with E-state index in [2.05, 4.69) is 304 Å². The largest absolute Gasteiger partial charge is 0.344 e. The molecule has 0 spiro atoms. The minimum Gasteiger partial charge on any atom is -0.344 e. The second-order valence-electron chi connectivity index (χ2n) is 19.9. The van der Waals surface area contributed by atoms with Gasteiger partial charge in [-0.15, -0.1) is 0 Å². The van der Waals surface area contributed by atoms with E-state index in [1.54, 1.807) is 0 Å². The molecule has 0 N–H and O–H groups in total. The summed E-state index contributed by atoms with van der Waals surface area (Å²) in [6.45, 7) is 4.61. The third-order valence-electron chi connectivity index (χ3n) is 15.5. The van der Waals surface area contributed by atoms with E-state index in [9.17, 15) is 0 Å². The average molecular weight is 943 g/mol. The number of anilines is 4. The molecule has 0 bridgehead atoms. The van der Waals surface area contributed by atoms with Crippen molar-refractivity contribution in [3.05, 3.63) is 254 Å². The molecule has 73 heavy (non-hydrogen) atoms. The number of hydrogen-bond donors (Lipinski definition) is 0. The zero-order valence-corrected chi connectivity index (χ0v) is 42.4. The number of aryl methyl sites for hydroxylation is 2. The summed E-state index contributed by atoms with van der Waals surface area (Å²) in [7, 11) is 8.58. The highest BCUT2D eigenvalue weighted by Crippen LogP contribution is 2.49. The van der Waals surface area contributed by atoms with Crippen LogP contribution < -0.4 is 9.80 Å². The van der Waals surface area contributed by atoms with E-state index in [1.165, 1.54) is 121 Å². The van der Waals surface area contributed by atoms with E-state index in [0.717, 1.165) is 0 Å². The standard InChI is InChI=1S/C21H15N.C19H15N.C16H17N.C13H11N/c1-22-19-13-11-14-6-2-4-8-16(14)20(19)18-12-10-15-7-3-5-9-17(15)21(18)22;1-20-18-12-6-4-10-16(18)14-8-2-3-9-15(14)17-11-5-7-13-19(17)20;1-16(2)12-8-4-6-10-14(12)17(3)15-11-7-5-9-13(15)16;1-14-12-8-4-2-6-10(12)11-7-3-5-9-13(11)14/h2-13H,1H3;2-13H,1H3;4-11H,1-3H3;2-9H,1H3. The molecule has 0 unspecified atom stereocenters. The molecule has 0 atom stereocenters. The molecule has 0 saturated heterocycles. The summed E-state index contributed by atoms with van der Waals surface area (Å²) < 4.78 is 4.57. The van der Waals surface area contributed by atoms with Crippen molar-refractivity contribution in [2.45, 2.75) is 19.3 Å². The average Bonchev–Trinajstić information content (AvgIpc) is 3.88. The van der Waals surface area contributed by atoms with Gasteiger partial charge in [0.05, 0.1) is 5.52 Å². The first-order chi connectivity index (χ1) is 35.7. The monoisotopic (exact) mass is 942 g/mol. The minimum atomic E-state index is 0.0830. The fourth-order valence-corrected chi connectivity index (χ4v) is 11.8. The Morgan fingerprint density at radius 3 is 1.21 bits per heavy atom. The van der Waals surface area contributed by atoms with Gasteiger partial charge in [0.2, 0.25) is 0 Å². The van der Waals surface area contributed by atoms with E-state index in [1.807, 2.05) is 0 Å². The maximum atomic E-state index is 2.33. The Hall–Kier alpha value is -8.86. The lowest BCUT2D eigenvalue weighted by Gasteiger charge is -2.40. The summed E-state index contributed by atoms with van der Waals surface area (Å²) in [6.07, 6.45) is 0. The fourth-order valence-electron chi connectivity index (χ4n) is 11.8. The summed E-state index contributed by atoms with van der Waals surface area (Å²) in [6, 6.07) is 86.5. The van der Waals surface area contributed by atoms with Gasteiger partial charge in [-0.05, 0) is 80.9 Å². The lowest BCUT2D eigenvalue weighted by molar-refractivity contribution is 0.629. The van der Waals surface area contributed by atoms with Crippen LogP contribution in [0.2, 0.25) is 0 Å². The van der Waals surface area contributed by atoms with Crippen LogP contribution in [-0.2, 0) is 19.5 Å². The van der Waals surface area contributed by atoms with E-state index >= 15 is 0 Å². The van der Waals surface area contributed by atoms with Gasteiger partial charge in [0.25, 0.3) is 0 Å². The Morgan fingerprint density at radius 1 is 0.274 bits per heavy atom. The van der Waals surface area contributed by atoms with Crippen LogP contribution in [0.25, 0.3) is 87.4 Å². The lowest BCUT2D eigenvalue weighted by Crippen LogP contribution is -2.30. The molecular weight excluding hydrogens is 885 g/mol. The number of hydrogen-bond acceptors (Lipinski definition) is 2. The molecule has 0 fully saturated rings. The number of rotatable bonds is 0. The van der Waals surface area contributed by atoms with Crippen LogP contribution in [0.15, 0.2) is 243 Å². The second-order valence-corrected chi connectivity index (χ2v) is 19.9. The third kappa shape index (κ3) is 7.61. The van der Waals surface area contributed by atoms with Crippen LogP contribution >= 0.6 is 0 Å². The predicted octanol–water partition coefficient (Wildman–Crippen LogP) is 18.2. The molecule has 2 aromatic heterocycles. The smallest absolute Gasteiger partial charge is 0.0568 e. The van der Waals surface area contributed by atoms with Crippen LogP contribution in [0, 0.1) is 0 Å². The van der Waals surface area contributed by atoms with Gasteiger partial charge in [-0.1, -0.05) is 214 Å². The lowest BCUT2D eigenvalue weighted by atomic mass is 9.74. The highest BCUT2D eigenvalue weighted by molar-refractivity contribution is 6.25. The number of fused-ring (bicyclic) bond motifs is 17. The molecule has 354 valence electrons. The Kier molecular flexibility index (Phi) is 11.4. The molecule has 2 aliphatic heterocycles. The first-order valence-electron chi connectivity index (χ1n) is 25.3. The third-order valence-corrected chi connectivity index (χ3v) is 15.5. The number of benzene rings is 11. The van der Waals surface area contributed by atoms with E-state index in [4.69, 9.17) is 0 Å². The number of para-hydroxylation sites is 6. The Morgan fingerprint density at radius 2 is 0.658 bits per heavy atom. The first kappa shape index (κ1) is 45.3. The molecule has 4 heteroatoms. The van der Waals surface area contributed by atoms with Gasteiger partial charge in [-0.3, -0.25) is 0 Å². The minimum absolute atomic E-state index is 0.0830. The van der Waals surface area contributed by atoms with Gasteiger partial charge in [-0.25, -0.2) is 0 Å². The summed E-state index contributed by atoms with van der Waals surface area (Å²) in [5.41, 5.74) is 18.4. The Balaban J connectivity index is 0.000000100. The van der Waals surface area contributed by atoms with Crippen molar-refractivity contribution in [3.63, 3.8) is 0 Å². The normalized spacial score (nSPS) is 12.8. The van der Waals surface area contributed by atoms with E-state index in [0.29, 0.717) is 0 Å². The molecule has 0 radical (unpaired) electrons. The quantitative estimate of drug-likeness (QED) is 0.151. The van der Waals surface area contributed by atoms with Crippen LogP contribution in [0.4, 0.5) is 22.7 Å². The predicted molar refractivity (Wildman–Crippen MR) is 314 cm³/mol. The fraction of sp³-hybridized carbons (Fsp3) is 0.101. The first-order valence-corrected chi connectivity index (χ1v) is 25.3. The van der Waals surface area contributed by atoms with Gasteiger partial charge >= 0.3 is 0 Å². The summed E-state index contributed by atoms with van der Waals surface area (Å²) >= 11 is 0. The summed E-state index contributed by atoms with van der Waals surface area (Å²) in [4.78, 5) is 4.57. The zero-order chi connectivity index (χ0) is 49.8. The van der Waals surface area contributed by atoms with Gasteiger partial charge in [0, 0.05) is 111 Å². The van der Waals surface area contributed by atoms with Crippen molar-refractivity contribution in [2.75, 3.05) is 23.9 Å². The van der Waals surface area contributed by atoms with E-state index in [-0.39, 0.29) is 5.41 Å². The van der Waals surface area contributed by atoms with Crippen molar-refractivity contribution in [1.82, 2.24) is 9.13 Å². The molecule has 0 aliphatic carbocycles. The van der Waals surface area contributed by atoms with Crippen LogP contribution in [0.3, 0.4) is 0 Å². The number of nitrogens with zero attached hydrogens (tertiary/aromatic N) is 4. The van der Waals surface area contributed by atoms with Gasteiger partial charge in [0.1, 0.15) is 0 Å². The van der Waals surface area contributed by atoms with Crippen LogP contribution in [0.5, 0.6) is 0 Å². The molecule has 15 rings (SSSR count). The summed E-state index contributed by atoms with van der Waals surface area (Å²) in [5.74, 6) is 0. The van der Waals surface area contributed by atoms with E-state index < -0.39 is 0 Å². The number of aromatic nitrogens is 2. The van der Waals surface area contributed by atoms with Crippen LogP contribution in [0.1, 0.15) is 25.0 Å². The zero-order valence-electron chi connectivity index (χ0n) is 42.4. The second kappa shape index (κ2) is 18.4. The maximum Gasteiger partial charge on any atom is 0.0568 e. The van der Waals surface area contributed by atoms with Crippen LogP contribution in [-0.4, -0.2) is 23.2 Å². The molecular formula is C69H58N4. The van der Waals surface area contributed by atoms with Crippen molar-refractivity contribution >= 4 is 87.9 Å². The molecule has 13 aromatic rings. The summed E-state index contributed by atoms with van der Waals surface area (Å²) in [5, 5.41) is 10.6. The molecule has 2 aliphatic rings. The molecule has 4 heterocycles. The van der Waals surface area contributed by atoms with Crippen molar-refractivity contribution in [1.29, 1.82) is 0 Å². The molecule has 11 aromatic carbocycles. The SMILES string of the molecule is CN1c2ccccc2-c2ccccc2-c2ccccc21.CN1c2ccccc2C(C)(C)c2ccccc21.Cn1c2ccc3ccccc3c2c2ccc3ccccc3c21.Cn1c2ccccc2c2ccccc21. The molecule has 0 amide bonds. The van der Waals surface area contributed by atoms with Crippen molar-refractivity contribution < 1.29 is 0 Å². The Bertz CT molecular complexity index is 4040. The Labute approximate surface area is 428 Å². The highest BCUT2D eigenvalue weighted by atomic mass is 15.1. The van der Waals surface area contributed by atoms with Gasteiger partial charge in [0.15, 0.2) is 0 Å². The molecule has 4 nitrogen and oxygen atoms in total. The maximum absolute atomic E-state index is 2.33. The van der Waals surface area contributed by atoms with Gasteiger partial charge in [-0.2, -0.15) is 0 Å². The molecule has 0 saturated carbocycles. The highest BCUT2D eigenvalue weighted by Gasteiger charge is 2.34. The van der Waals surface area contributed by atoms with Gasteiger partial charge < -0.3 is 18.9 Å².